The van der Waals surface area contributed by atoms with E-state index < -0.39 is 4.92 Å². The van der Waals surface area contributed by atoms with Crippen LogP contribution in [0.4, 0.5) is 11.4 Å². The van der Waals surface area contributed by atoms with Crippen molar-refractivity contribution in [3.05, 3.63) is 62.6 Å². The molecule has 6 nitrogen and oxygen atoms in total. The fraction of sp³-hybridized carbons (Fsp3) is 0.188. The molecule has 23 heavy (non-hydrogen) atoms. The fourth-order valence-electron chi connectivity index (χ4n) is 1.99. The molecule has 0 bridgehead atoms. The van der Waals surface area contributed by atoms with E-state index >= 15 is 0 Å². The average Bonchev–Trinajstić information content (AvgIpc) is 2.54. The maximum Gasteiger partial charge on any atom is 0.270 e. The highest BCUT2D eigenvalue weighted by atomic mass is 79.9. The quantitative estimate of drug-likeness (QED) is 0.609. The van der Waals surface area contributed by atoms with Gasteiger partial charge in [-0.25, -0.2) is 0 Å². The first-order valence-electron chi connectivity index (χ1n) is 6.95. The maximum atomic E-state index is 12.0. The zero-order chi connectivity index (χ0) is 16.8. The molecule has 2 aromatic rings. The van der Waals surface area contributed by atoms with E-state index in [0.29, 0.717) is 15.9 Å². The van der Waals surface area contributed by atoms with Crippen molar-refractivity contribution < 1.29 is 14.5 Å². The molecule has 0 atom stereocenters. The lowest BCUT2D eigenvalue weighted by atomic mass is 10.1. The Morgan fingerprint density at radius 2 is 2.04 bits per heavy atom. The van der Waals surface area contributed by atoms with E-state index in [0.717, 1.165) is 12.0 Å². The molecule has 0 aromatic heterocycles. The van der Waals surface area contributed by atoms with Crippen LogP contribution in [0, 0.1) is 10.1 Å². The van der Waals surface area contributed by atoms with Crippen LogP contribution in [0.3, 0.4) is 0 Å². The van der Waals surface area contributed by atoms with Crippen LogP contribution in [-0.4, -0.2) is 17.4 Å². The Hall–Kier alpha value is -2.41. The molecule has 2 rings (SSSR count). The van der Waals surface area contributed by atoms with Gasteiger partial charge >= 0.3 is 0 Å². The number of amides is 1. The molecule has 1 amide bonds. The molecule has 0 aliphatic heterocycles. The standard InChI is InChI=1S/C16H15BrN2O4/c1-2-11-5-3-4-6-15(11)23-10-16(20)18-14-8-7-12(19(21)22)9-13(14)17/h3-9H,2,10H2,1H3,(H,18,20). The number of aryl methyl sites for hydroxylation is 1. The molecule has 0 heterocycles. The first kappa shape index (κ1) is 17.0. The molecule has 0 radical (unpaired) electrons. The normalized spacial score (nSPS) is 10.2. The lowest BCUT2D eigenvalue weighted by molar-refractivity contribution is -0.384. The van der Waals surface area contributed by atoms with E-state index in [4.69, 9.17) is 4.74 Å². The van der Waals surface area contributed by atoms with Gasteiger partial charge in [-0.05, 0) is 40.0 Å². The van der Waals surface area contributed by atoms with Crippen LogP contribution in [0.5, 0.6) is 5.75 Å². The van der Waals surface area contributed by atoms with Crippen molar-refractivity contribution >= 4 is 33.2 Å². The van der Waals surface area contributed by atoms with Crippen LogP contribution >= 0.6 is 15.9 Å². The van der Waals surface area contributed by atoms with Gasteiger partial charge in [0.2, 0.25) is 0 Å². The predicted octanol–water partition coefficient (Wildman–Crippen LogP) is 3.94. The van der Waals surface area contributed by atoms with Gasteiger partial charge in [0.05, 0.1) is 10.6 Å². The van der Waals surface area contributed by atoms with E-state index in [1.807, 2.05) is 31.2 Å². The summed E-state index contributed by atoms with van der Waals surface area (Å²) < 4.78 is 5.97. The fourth-order valence-corrected chi connectivity index (χ4v) is 2.45. The minimum Gasteiger partial charge on any atom is -0.483 e. The van der Waals surface area contributed by atoms with Gasteiger partial charge in [-0.2, -0.15) is 0 Å². The molecule has 1 N–H and O–H groups in total. The van der Waals surface area contributed by atoms with Crippen LogP contribution in [0.15, 0.2) is 46.9 Å². The Bertz CT molecular complexity index is 734. The molecule has 0 aliphatic rings. The topological polar surface area (TPSA) is 81.5 Å². The molecule has 7 heteroatoms. The summed E-state index contributed by atoms with van der Waals surface area (Å²) in [5.74, 6) is 0.332. The summed E-state index contributed by atoms with van der Waals surface area (Å²) in [6.45, 7) is 1.87. The number of benzene rings is 2. The van der Waals surface area contributed by atoms with Crippen molar-refractivity contribution in [2.24, 2.45) is 0 Å². The van der Waals surface area contributed by atoms with Gasteiger partial charge in [-0.1, -0.05) is 25.1 Å². The van der Waals surface area contributed by atoms with Gasteiger partial charge in [0.25, 0.3) is 11.6 Å². The minimum atomic E-state index is -0.499. The van der Waals surface area contributed by atoms with E-state index in [1.54, 1.807) is 0 Å². The van der Waals surface area contributed by atoms with Gasteiger partial charge in [0.1, 0.15) is 5.75 Å². The number of nitro groups is 1. The van der Waals surface area contributed by atoms with Gasteiger partial charge in [-0.15, -0.1) is 0 Å². The number of halogens is 1. The number of carbonyl (C=O) groups excluding carboxylic acids is 1. The smallest absolute Gasteiger partial charge is 0.270 e. The van der Waals surface area contributed by atoms with Gasteiger partial charge in [0.15, 0.2) is 6.61 Å². The number of nitrogens with zero attached hydrogens (tertiary/aromatic N) is 1. The van der Waals surface area contributed by atoms with Crippen LogP contribution in [0.1, 0.15) is 12.5 Å². The number of carbonyl (C=O) groups is 1. The second-order valence-electron chi connectivity index (χ2n) is 4.72. The number of rotatable bonds is 6. The Kier molecular flexibility index (Phi) is 5.70. The Balaban J connectivity index is 1.98. The SMILES string of the molecule is CCc1ccccc1OCC(=O)Nc1ccc([N+](=O)[O-])cc1Br. The number of ether oxygens (including phenoxy) is 1. The number of para-hydroxylation sites is 1. The highest BCUT2D eigenvalue weighted by molar-refractivity contribution is 9.10. The van der Waals surface area contributed by atoms with E-state index in [9.17, 15) is 14.9 Å². The van der Waals surface area contributed by atoms with Crippen molar-refractivity contribution in [2.75, 3.05) is 11.9 Å². The summed E-state index contributed by atoms with van der Waals surface area (Å²) in [6, 6.07) is 11.7. The summed E-state index contributed by atoms with van der Waals surface area (Å²) in [7, 11) is 0. The number of hydrogen-bond donors (Lipinski definition) is 1. The molecule has 2 aromatic carbocycles. The summed E-state index contributed by atoms with van der Waals surface area (Å²) >= 11 is 3.20. The Morgan fingerprint density at radius 3 is 2.70 bits per heavy atom. The number of non-ortho nitro benzene ring substituents is 1. The molecule has 120 valence electrons. The third kappa shape index (κ3) is 4.53. The van der Waals surface area contributed by atoms with Crippen molar-refractivity contribution in [2.45, 2.75) is 13.3 Å². The zero-order valence-corrected chi connectivity index (χ0v) is 14.0. The first-order valence-corrected chi connectivity index (χ1v) is 7.75. The lowest BCUT2D eigenvalue weighted by Crippen LogP contribution is -2.20. The van der Waals surface area contributed by atoms with Gasteiger partial charge < -0.3 is 10.1 Å². The largest absolute Gasteiger partial charge is 0.483 e. The van der Waals surface area contributed by atoms with Gasteiger partial charge in [-0.3, -0.25) is 14.9 Å². The maximum absolute atomic E-state index is 12.0. The zero-order valence-electron chi connectivity index (χ0n) is 12.4. The van der Waals surface area contributed by atoms with E-state index in [-0.39, 0.29) is 18.2 Å². The molecular weight excluding hydrogens is 364 g/mol. The third-order valence-corrected chi connectivity index (χ3v) is 3.81. The average molecular weight is 379 g/mol. The summed E-state index contributed by atoms with van der Waals surface area (Å²) in [5, 5.41) is 13.3. The van der Waals surface area contributed by atoms with Crippen molar-refractivity contribution in [1.29, 1.82) is 0 Å². The lowest BCUT2D eigenvalue weighted by Gasteiger charge is -2.11. The van der Waals surface area contributed by atoms with Crippen LogP contribution < -0.4 is 10.1 Å². The number of nitrogens with one attached hydrogen (secondary N) is 1. The van der Waals surface area contributed by atoms with Crippen LogP contribution in [0.25, 0.3) is 0 Å². The summed E-state index contributed by atoms with van der Waals surface area (Å²) in [6.07, 6.45) is 0.811. The molecular formula is C16H15BrN2O4. The summed E-state index contributed by atoms with van der Waals surface area (Å²) in [4.78, 5) is 22.2. The predicted molar refractivity (Wildman–Crippen MR) is 90.7 cm³/mol. The monoisotopic (exact) mass is 378 g/mol. The van der Waals surface area contributed by atoms with E-state index in [1.165, 1.54) is 18.2 Å². The minimum absolute atomic E-state index is 0.0528. The molecule has 0 unspecified atom stereocenters. The number of anilines is 1. The molecule has 0 aliphatic carbocycles. The van der Waals surface area contributed by atoms with Crippen LogP contribution in [-0.2, 0) is 11.2 Å². The Morgan fingerprint density at radius 1 is 1.30 bits per heavy atom. The second-order valence-corrected chi connectivity index (χ2v) is 5.57. The highest BCUT2D eigenvalue weighted by Crippen LogP contribution is 2.27. The summed E-state index contributed by atoms with van der Waals surface area (Å²) in [5.41, 5.74) is 1.42. The molecule has 0 saturated carbocycles. The molecule has 0 saturated heterocycles. The molecule has 0 spiro atoms. The molecule has 0 fully saturated rings. The first-order chi connectivity index (χ1) is 11.0. The van der Waals surface area contributed by atoms with Crippen LogP contribution in [0.2, 0.25) is 0 Å². The third-order valence-electron chi connectivity index (χ3n) is 3.15. The highest BCUT2D eigenvalue weighted by Gasteiger charge is 2.12. The number of nitro benzene ring substituents is 1. The van der Waals surface area contributed by atoms with Crippen molar-refractivity contribution in [3.63, 3.8) is 0 Å². The van der Waals surface area contributed by atoms with Crippen molar-refractivity contribution in [3.8, 4) is 5.75 Å². The van der Waals surface area contributed by atoms with Gasteiger partial charge in [0, 0.05) is 16.6 Å². The second kappa shape index (κ2) is 7.73. The number of hydrogen-bond acceptors (Lipinski definition) is 4. The van der Waals surface area contributed by atoms with Crippen molar-refractivity contribution in [1.82, 2.24) is 0 Å². The van der Waals surface area contributed by atoms with E-state index in [2.05, 4.69) is 21.2 Å². The Labute approximate surface area is 141 Å².